The molecular formula is C16H12ClN5O2. The molecule has 2 aromatic carbocycles. The number of carbonyl (C=O) groups excluding carboxylic acids is 2. The zero-order valence-corrected chi connectivity index (χ0v) is 13.4. The minimum Gasteiger partial charge on any atom is -0.319 e. The Balaban J connectivity index is 1.77. The van der Waals surface area contributed by atoms with E-state index in [1.54, 1.807) is 48.5 Å². The Morgan fingerprint density at radius 1 is 1.12 bits per heavy atom. The molecule has 0 aliphatic rings. The van der Waals surface area contributed by atoms with Crippen LogP contribution in [0.2, 0.25) is 5.02 Å². The minimum atomic E-state index is -0.518. The largest absolute Gasteiger partial charge is 0.319 e. The third-order valence-corrected chi connectivity index (χ3v) is 3.45. The van der Waals surface area contributed by atoms with E-state index in [0.29, 0.717) is 22.0 Å². The number of amides is 1. The van der Waals surface area contributed by atoms with Gasteiger partial charge in [-0.25, -0.2) is 0 Å². The van der Waals surface area contributed by atoms with Gasteiger partial charge in [-0.15, -0.1) is 15.0 Å². The Bertz CT molecular complexity index is 905. The van der Waals surface area contributed by atoms with Crippen molar-refractivity contribution < 1.29 is 9.59 Å². The van der Waals surface area contributed by atoms with Crippen molar-refractivity contribution in [3.8, 4) is 5.69 Å². The van der Waals surface area contributed by atoms with Crippen LogP contribution >= 0.6 is 11.6 Å². The Morgan fingerprint density at radius 3 is 2.58 bits per heavy atom. The molecule has 1 amide bonds. The number of rotatable bonds is 4. The van der Waals surface area contributed by atoms with Crippen molar-refractivity contribution in [3.05, 3.63) is 64.9 Å². The number of Topliss-reactive ketones (excluding diaryl/α,β-unsaturated/α-hetero) is 1. The van der Waals surface area contributed by atoms with E-state index in [2.05, 4.69) is 20.7 Å². The fourth-order valence-electron chi connectivity index (χ4n) is 1.99. The first-order valence-corrected chi connectivity index (χ1v) is 7.39. The summed E-state index contributed by atoms with van der Waals surface area (Å²) in [5.41, 5.74) is 1.62. The van der Waals surface area contributed by atoms with Gasteiger partial charge in [-0.1, -0.05) is 23.7 Å². The summed E-state index contributed by atoms with van der Waals surface area (Å²) in [6.07, 6.45) is 0. The molecule has 7 nitrogen and oxygen atoms in total. The molecule has 1 heterocycles. The first kappa shape index (κ1) is 15.8. The molecular weight excluding hydrogens is 330 g/mol. The van der Waals surface area contributed by atoms with Gasteiger partial charge in [0.2, 0.25) is 0 Å². The topological polar surface area (TPSA) is 89.8 Å². The van der Waals surface area contributed by atoms with Crippen molar-refractivity contribution in [1.29, 1.82) is 0 Å². The van der Waals surface area contributed by atoms with E-state index in [0.717, 1.165) is 0 Å². The zero-order chi connectivity index (χ0) is 17.1. The smallest absolute Gasteiger partial charge is 0.297 e. The Morgan fingerprint density at radius 2 is 1.88 bits per heavy atom. The summed E-state index contributed by atoms with van der Waals surface area (Å²) >= 11 is 5.83. The highest BCUT2D eigenvalue weighted by atomic mass is 35.5. The summed E-state index contributed by atoms with van der Waals surface area (Å²) in [6.45, 7) is 1.46. The third-order valence-electron chi connectivity index (χ3n) is 3.20. The van der Waals surface area contributed by atoms with Crippen molar-refractivity contribution >= 4 is 29.0 Å². The van der Waals surface area contributed by atoms with Crippen LogP contribution in [0.1, 0.15) is 27.9 Å². The fourth-order valence-corrected chi connectivity index (χ4v) is 2.12. The summed E-state index contributed by atoms with van der Waals surface area (Å²) < 4.78 is 0. The lowest BCUT2D eigenvalue weighted by Gasteiger charge is -2.03. The van der Waals surface area contributed by atoms with Gasteiger partial charge in [0.1, 0.15) is 0 Å². The van der Waals surface area contributed by atoms with Crippen molar-refractivity contribution in [2.24, 2.45) is 0 Å². The van der Waals surface area contributed by atoms with E-state index in [9.17, 15) is 9.59 Å². The van der Waals surface area contributed by atoms with Crippen LogP contribution in [0, 0.1) is 0 Å². The lowest BCUT2D eigenvalue weighted by Crippen LogP contribution is -2.14. The van der Waals surface area contributed by atoms with E-state index in [1.807, 2.05) is 0 Å². The van der Waals surface area contributed by atoms with E-state index in [-0.39, 0.29) is 11.6 Å². The zero-order valence-electron chi connectivity index (χ0n) is 12.6. The number of hydrogen-bond acceptors (Lipinski definition) is 5. The molecule has 0 aliphatic heterocycles. The van der Waals surface area contributed by atoms with Gasteiger partial charge >= 0.3 is 0 Å². The van der Waals surface area contributed by atoms with Crippen molar-refractivity contribution in [1.82, 2.24) is 20.2 Å². The minimum absolute atomic E-state index is 0.0850. The van der Waals surface area contributed by atoms with E-state index >= 15 is 0 Å². The van der Waals surface area contributed by atoms with Crippen LogP contribution in [-0.2, 0) is 0 Å². The van der Waals surface area contributed by atoms with Gasteiger partial charge in [0.15, 0.2) is 5.78 Å². The fraction of sp³-hybridized carbons (Fsp3) is 0.0625. The van der Waals surface area contributed by atoms with Crippen molar-refractivity contribution in [3.63, 3.8) is 0 Å². The third kappa shape index (κ3) is 3.47. The number of anilines is 1. The molecule has 0 unspecified atom stereocenters. The first-order chi connectivity index (χ1) is 11.5. The Labute approximate surface area is 142 Å². The molecule has 120 valence electrons. The molecule has 0 saturated heterocycles. The number of aromatic nitrogens is 4. The van der Waals surface area contributed by atoms with Gasteiger partial charge < -0.3 is 5.32 Å². The van der Waals surface area contributed by atoms with Gasteiger partial charge in [0.05, 0.1) is 5.69 Å². The monoisotopic (exact) mass is 341 g/mol. The van der Waals surface area contributed by atoms with Crippen LogP contribution in [0.15, 0.2) is 48.5 Å². The van der Waals surface area contributed by atoms with Gasteiger partial charge in [0, 0.05) is 16.3 Å². The number of hydrogen-bond donors (Lipinski definition) is 1. The number of nitrogens with one attached hydrogen (secondary N) is 1. The number of nitrogens with zero attached hydrogens (tertiary/aromatic N) is 4. The second-order valence-electron chi connectivity index (χ2n) is 4.97. The number of halogens is 1. The summed E-state index contributed by atoms with van der Waals surface area (Å²) in [5, 5.41) is 14.8. The molecule has 0 atom stereocenters. The molecule has 3 aromatic rings. The van der Waals surface area contributed by atoms with Crippen LogP contribution in [0.5, 0.6) is 0 Å². The van der Waals surface area contributed by atoms with Crippen LogP contribution in [-0.4, -0.2) is 31.9 Å². The second kappa shape index (κ2) is 6.59. The van der Waals surface area contributed by atoms with E-state index in [4.69, 9.17) is 11.6 Å². The highest BCUT2D eigenvalue weighted by molar-refractivity contribution is 6.30. The quantitative estimate of drug-likeness (QED) is 0.737. The van der Waals surface area contributed by atoms with Gasteiger partial charge in [-0.2, -0.15) is 0 Å². The van der Waals surface area contributed by atoms with Crippen LogP contribution in [0.25, 0.3) is 5.69 Å². The SMILES string of the molecule is CC(=O)c1cccc(NC(=O)c2nnn(-c3ccc(Cl)cc3)n2)c1. The standard InChI is InChI=1S/C16H12ClN5O2/c1-10(23)11-3-2-4-13(9-11)18-16(24)15-19-21-22(20-15)14-7-5-12(17)6-8-14/h2-9H,1H3,(H,18,24). The molecule has 0 saturated carbocycles. The average Bonchev–Trinajstić information content (AvgIpc) is 3.06. The van der Waals surface area contributed by atoms with E-state index < -0.39 is 5.91 Å². The molecule has 0 fully saturated rings. The number of ketones is 1. The predicted molar refractivity (Wildman–Crippen MR) is 88.6 cm³/mol. The lowest BCUT2D eigenvalue weighted by molar-refractivity contribution is 0.100. The molecule has 0 spiro atoms. The molecule has 0 aliphatic carbocycles. The van der Waals surface area contributed by atoms with Gasteiger partial charge in [-0.3, -0.25) is 9.59 Å². The summed E-state index contributed by atoms with van der Waals surface area (Å²) in [7, 11) is 0. The molecule has 0 radical (unpaired) electrons. The normalized spacial score (nSPS) is 10.4. The van der Waals surface area contributed by atoms with Gasteiger partial charge in [-0.05, 0) is 48.5 Å². The van der Waals surface area contributed by atoms with Crippen LogP contribution < -0.4 is 5.32 Å². The lowest BCUT2D eigenvalue weighted by atomic mass is 10.1. The summed E-state index contributed by atoms with van der Waals surface area (Å²) in [5.74, 6) is -0.688. The Hall–Kier alpha value is -3.06. The van der Waals surface area contributed by atoms with Crippen LogP contribution in [0.4, 0.5) is 5.69 Å². The number of benzene rings is 2. The highest BCUT2D eigenvalue weighted by Crippen LogP contribution is 2.13. The Kier molecular flexibility index (Phi) is 4.35. The summed E-state index contributed by atoms with van der Waals surface area (Å²) in [4.78, 5) is 24.8. The van der Waals surface area contributed by atoms with Crippen LogP contribution in [0.3, 0.4) is 0 Å². The molecule has 0 bridgehead atoms. The predicted octanol–water partition coefficient (Wildman–Crippen LogP) is 2.77. The van der Waals surface area contributed by atoms with E-state index in [1.165, 1.54) is 11.7 Å². The molecule has 24 heavy (non-hydrogen) atoms. The first-order valence-electron chi connectivity index (χ1n) is 7.01. The van der Waals surface area contributed by atoms with Gasteiger partial charge in [0.25, 0.3) is 11.7 Å². The summed E-state index contributed by atoms with van der Waals surface area (Å²) in [6, 6.07) is 13.4. The molecule has 3 rings (SSSR count). The molecule has 8 heteroatoms. The number of carbonyl (C=O) groups is 2. The maximum Gasteiger partial charge on any atom is 0.297 e. The van der Waals surface area contributed by atoms with Crippen molar-refractivity contribution in [2.75, 3.05) is 5.32 Å². The molecule has 1 N–H and O–H groups in total. The maximum absolute atomic E-state index is 12.2. The molecule has 1 aromatic heterocycles. The maximum atomic E-state index is 12.2. The average molecular weight is 342 g/mol. The second-order valence-corrected chi connectivity index (χ2v) is 5.41. The highest BCUT2D eigenvalue weighted by Gasteiger charge is 2.14. The van der Waals surface area contributed by atoms with Crippen molar-refractivity contribution in [2.45, 2.75) is 6.92 Å². The number of tetrazole rings is 1.